The van der Waals surface area contributed by atoms with Crippen molar-refractivity contribution in [2.24, 2.45) is 0 Å². The fourth-order valence-corrected chi connectivity index (χ4v) is 3.75. The molecule has 3 aromatic rings. The number of carbonyl (C=O) groups excluding carboxylic acids is 2. The number of para-hydroxylation sites is 1. The zero-order chi connectivity index (χ0) is 23.1. The zero-order valence-corrected chi connectivity index (χ0v) is 17.2. The highest BCUT2D eigenvalue weighted by Crippen LogP contribution is 2.22. The smallest absolute Gasteiger partial charge is 0.270 e. The first-order valence-electron chi connectivity index (χ1n) is 9.10. The van der Waals surface area contributed by atoms with E-state index in [1.54, 1.807) is 18.3 Å². The van der Waals surface area contributed by atoms with Crippen molar-refractivity contribution in [3.8, 4) is 0 Å². The fourth-order valence-electron chi connectivity index (χ4n) is 2.64. The van der Waals surface area contributed by atoms with Gasteiger partial charge < -0.3 is 10.6 Å². The summed E-state index contributed by atoms with van der Waals surface area (Å²) in [6.45, 7) is -0.361. The van der Waals surface area contributed by atoms with Crippen LogP contribution in [0.25, 0.3) is 0 Å². The van der Waals surface area contributed by atoms with Crippen molar-refractivity contribution in [1.82, 2.24) is 10.3 Å². The maximum Gasteiger partial charge on any atom is 0.270 e. The van der Waals surface area contributed by atoms with Gasteiger partial charge in [-0.25, -0.2) is 8.42 Å². The molecule has 11 nitrogen and oxygen atoms in total. The molecule has 3 N–H and O–H groups in total. The van der Waals surface area contributed by atoms with Gasteiger partial charge in [0, 0.05) is 18.3 Å². The van der Waals surface area contributed by atoms with Gasteiger partial charge in [0.05, 0.1) is 39.5 Å². The molecule has 164 valence electrons. The number of pyridine rings is 1. The lowest BCUT2D eigenvalue weighted by atomic mass is 10.1. The minimum Gasteiger partial charge on any atom is -0.343 e. The summed E-state index contributed by atoms with van der Waals surface area (Å²) in [5, 5.41) is 15.9. The lowest BCUT2D eigenvalue weighted by Gasteiger charge is -2.13. The van der Waals surface area contributed by atoms with Gasteiger partial charge in [-0.05, 0) is 30.3 Å². The standard InChI is InChI=1S/C20H17N5O6S/c26-19(23-14-5-4-10-21-12-14)13-22-20(27)17-8-1-2-9-18(17)24-32(30,31)16-7-3-6-15(11-16)25(28)29/h1-12,24H,13H2,(H,22,27)(H,23,26). The van der Waals surface area contributed by atoms with E-state index in [-0.39, 0.29) is 22.7 Å². The van der Waals surface area contributed by atoms with E-state index < -0.39 is 32.4 Å². The Morgan fingerprint density at radius 2 is 1.81 bits per heavy atom. The highest BCUT2D eigenvalue weighted by molar-refractivity contribution is 7.92. The molecule has 0 saturated carbocycles. The molecular formula is C20H17N5O6S. The number of non-ortho nitro benzene ring substituents is 1. The van der Waals surface area contributed by atoms with Gasteiger partial charge in [-0.15, -0.1) is 0 Å². The molecule has 2 aromatic carbocycles. The van der Waals surface area contributed by atoms with Crippen molar-refractivity contribution in [2.45, 2.75) is 4.90 Å². The quantitative estimate of drug-likeness (QED) is 0.346. The van der Waals surface area contributed by atoms with Crippen molar-refractivity contribution < 1.29 is 22.9 Å². The topological polar surface area (TPSA) is 160 Å². The van der Waals surface area contributed by atoms with E-state index >= 15 is 0 Å². The largest absolute Gasteiger partial charge is 0.343 e. The number of anilines is 2. The third-order valence-corrected chi connectivity index (χ3v) is 5.47. The molecule has 0 saturated heterocycles. The van der Waals surface area contributed by atoms with E-state index in [1.165, 1.54) is 42.6 Å². The molecular weight excluding hydrogens is 438 g/mol. The minimum absolute atomic E-state index is 0.0318. The molecule has 0 aliphatic heterocycles. The number of nitro benzene ring substituents is 1. The Hall–Kier alpha value is -4.32. The molecule has 0 fully saturated rings. The molecule has 2 amide bonds. The zero-order valence-electron chi connectivity index (χ0n) is 16.4. The van der Waals surface area contributed by atoms with Crippen molar-refractivity contribution in [3.63, 3.8) is 0 Å². The van der Waals surface area contributed by atoms with Crippen LogP contribution in [-0.4, -0.2) is 36.7 Å². The van der Waals surface area contributed by atoms with E-state index in [2.05, 4.69) is 20.3 Å². The molecule has 0 bridgehead atoms. The van der Waals surface area contributed by atoms with Crippen molar-refractivity contribution in [1.29, 1.82) is 0 Å². The summed E-state index contributed by atoms with van der Waals surface area (Å²) in [6, 6.07) is 13.5. The van der Waals surface area contributed by atoms with E-state index in [4.69, 9.17) is 0 Å². The number of amides is 2. The number of hydrogen-bond acceptors (Lipinski definition) is 7. The van der Waals surface area contributed by atoms with Gasteiger partial charge in [-0.1, -0.05) is 18.2 Å². The third-order valence-electron chi connectivity index (χ3n) is 4.11. The Balaban J connectivity index is 1.72. The van der Waals surface area contributed by atoms with Gasteiger partial charge in [0.15, 0.2) is 0 Å². The van der Waals surface area contributed by atoms with E-state index in [1.807, 2.05) is 0 Å². The number of nitro groups is 1. The van der Waals surface area contributed by atoms with Crippen LogP contribution in [-0.2, 0) is 14.8 Å². The average molecular weight is 455 g/mol. The van der Waals surface area contributed by atoms with Gasteiger partial charge in [0.1, 0.15) is 0 Å². The summed E-state index contributed by atoms with van der Waals surface area (Å²) < 4.78 is 27.6. The van der Waals surface area contributed by atoms with E-state index in [0.717, 1.165) is 12.1 Å². The van der Waals surface area contributed by atoms with Crippen molar-refractivity contribution in [3.05, 3.63) is 88.7 Å². The molecule has 0 atom stereocenters. The first-order valence-corrected chi connectivity index (χ1v) is 10.6. The Morgan fingerprint density at radius 3 is 2.53 bits per heavy atom. The Morgan fingerprint density at radius 1 is 1.03 bits per heavy atom. The van der Waals surface area contributed by atoms with Gasteiger partial charge in [0.2, 0.25) is 5.91 Å². The number of nitrogens with zero attached hydrogens (tertiary/aromatic N) is 2. The normalized spacial score (nSPS) is 10.8. The molecule has 1 heterocycles. The summed E-state index contributed by atoms with van der Waals surface area (Å²) in [5.41, 5.74) is -0.0183. The van der Waals surface area contributed by atoms with Crippen LogP contribution in [0.4, 0.5) is 17.1 Å². The molecule has 32 heavy (non-hydrogen) atoms. The Labute approximate surface area is 182 Å². The summed E-state index contributed by atoms with van der Waals surface area (Å²) in [5.74, 6) is -1.19. The number of rotatable bonds is 8. The first kappa shape index (κ1) is 22.4. The first-order chi connectivity index (χ1) is 15.3. The molecule has 0 unspecified atom stereocenters. The second-order valence-electron chi connectivity index (χ2n) is 6.38. The minimum atomic E-state index is -4.22. The number of carbonyl (C=O) groups is 2. The van der Waals surface area contributed by atoms with Crippen LogP contribution in [0.2, 0.25) is 0 Å². The molecule has 0 spiro atoms. The maximum absolute atomic E-state index is 12.7. The number of benzene rings is 2. The van der Waals surface area contributed by atoms with Gasteiger partial charge >= 0.3 is 0 Å². The molecule has 0 aliphatic carbocycles. The lowest BCUT2D eigenvalue weighted by Crippen LogP contribution is -2.33. The van der Waals surface area contributed by atoms with Gasteiger partial charge in [-0.2, -0.15) is 0 Å². The SMILES string of the molecule is O=C(CNC(=O)c1ccccc1NS(=O)(=O)c1cccc([N+](=O)[O-])c1)Nc1cccnc1. The van der Waals surface area contributed by atoms with Crippen LogP contribution in [0.5, 0.6) is 0 Å². The molecule has 1 aromatic heterocycles. The second-order valence-corrected chi connectivity index (χ2v) is 8.06. The van der Waals surface area contributed by atoms with Gasteiger partial charge in [-0.3, -0.25) is 29.4 Å². The number of aromatic nitrogens is 1. The maximum atomic E-state index is 12.7. The van der Waals surface area contributed by atoms with Crippen LogP contribution in [0.1, 0.15) is 10.4 Å². The Bertz CT molecular complexity index is 1260. The summed E-state index contributed by atoms with van der Waals surface area (Å²) in [6.07, 6.45) is 2.99. The van der Waals surface area contributed by atoms with E-state index in [9.17, 15) is 28.1 Å². The summed E-state index contributed by atoms with van der Waals surface area (Å²) >= 11 is 0. The highest BCUT2D eigenvalue weighted by atomic mass is 32.2. The van der Waals surface area contributed by atoms with Crippen molar-refractivity contribution >= 4 is 38.9 Å². The Kier molecular flexibility index (Phi) is 6.75. The fraction of sp³-hybridized carbons (Fsp3) is 0.0500. The number of hydrogen-bond donors (Lipinski definition) is 3. The summed E-state index contributed by atoms with van der Waals surface area (Å²) in [4.78, 5) is 38.3. The molecule has 3 rings (SSSR count). The van der Waals surface area contributed by atoms with Crippen LogP contribution in [0.15, 0.2) is 78.0 Å². The van der Waals surface area contributed by atoms with Crippen LogP contribution in [0, 0.1) is 10.1 Å². The third kappa shape index (κ3) is 5.64. The van der Waals surface area contributed by atoms with Crippen molar-refractivity contribution in [2.75, 3.05) is 16.6 Å². The average Bonchev–Trinajstić information content (AvgIpc) is 2.78. The van der Waals surface area contributed by atoms with Gasteiger partial charge in [0.25, 0.3) is 21.6 Å². The predicted octanol–water partition coefficient (Wildman–Crippen LogP) is 2.16. The lowest BCUT2D eigenvalue weighted by molar-refractivity contribution is -0.385. The number of nitrogens with one attached hydrogen (secondary N) is 3. The van der Waals surface area contributed by atoms with Crippen LogP contribution >= 0.6 is 0 Å². The predicted molar refractivity (Wildman–Crippen MR) is 116 cm³/mol. The molecule has 0 radical (unpaired) electrons. The van der Waals surface area contributed by atoms with Crippen LogP contribution < -0.4 is 15.4 Å². The van der Waals surface area contributed by atoms with E-state index in [0.29, 0.717) is 5.69 Å². The monoisotopic (exact) mass is 455 g/mol. The highest BCUT2D eigenvalue weighted by Gasteiger charge is 2.21. The summed E-state index contributed by atoms with van der Waals surface area (Å²) in [7, 11) is -4.22. The second kappa shape index (κ2) is 9.66. The van der Waals surface area contributed by atoms with Crippen LogP contribution in [0.3, 0.4) is 0 Å². The molecule has 12 heteroatoms. The molecule has 0 aliphatic rings. The number of sulfonamides is 1.